The predicted octanol–water partition coefficient (Wildman–Crippen LogP) is 8.11. The normalized spacial score (nSPS) is 13.6. The second kappa shape index (κ2) is 6.89. The quantitative estimate of drug-likeness (QED) is 0.291. The highest BCUT2D eigenvalue weighted by atomic mass is 79.9. The van der Waals surface area contributed by atoms with Crippen LogP contribution in [0.2, 0.25) is 0 Å². The second-order valence-corrected chi connectivity index (χ2v) is 8.80. The predicted molar refractivity (Wildman–Crippen MR) is 127 cm³/mol. The zero-order valence-electron chi connectivity index (χ0n) is 16.6. The standard InChI is InChI=1S/C27H22BrN/c1-27(2)25-11-7-6-10-23(25)24-17-16-22(18-26(24)27)29(28)21-14-12-20(13-15-21)19-8-4-3-5-9-19/h3-18H,1-2H3. The van der Waals surface area contributed by atoms with Gasteiger partial charge in [0.25, 0.3) is 0 Å². The van der Waals surface area contributed by atoms with Gasteiger partial charge in [-0.25, -0.2) is 0 Å². The average molecular weight is 440 g/mol. The lowest BCUT2D eigenvalue weighted by Gasteiger charge is -2.24. The van der Waals surface area contributed by atoms with Gasteiger partial charge in [0.05, 0.1) is 27.5 Å². The number of halogens is 1. The molecule has 1 aliphatic carbocycles. The molecule has 4 aromatic carbocycles. The number of hydrogen-bond donors (Lipinski definition) is 0. The lowest BCUT2D eigenvalue weighted by Crippen LogP contribution is -2.15. The molecule has 0 unspecified atom stereocenters. The number of nitrogens with zero attached hydrogens (tertiary/aromatic N) is 1. The van der Waals surface area contributed by atoms with Gasteiger partial charge in [-0.1, -0.05) is 86.6 Å². The third-order valence-corrected chi connectivity index (χ3v) is 6.81. The molecule has 2 heteroatoms. The Morgan fingerprint density at radius 3 is 1.93 bits per heavy atom. The van der Waals surface area contributed by atoms with Gasteiger partial charge in [-0.3, -0.25) is 3.93 Å². The van der Waals surface area contributed by atoms with Crippen molar-refractivity contribution in [2.24, 2.45) is 0 Å². The lowest BCUT2D eigenvalue weighted by molar-refractivity contribution is 0.660. The molecule has 0 aliphatic heterocycles. The number of rotatable bonds is 3. The zero-order chi connectivity index (χ0) is 20.0. The summed E-state index contributed by atoms with van der Waals surface area (Å²) in [5.41, 5.74) is 10.2. The highest BCUT2D eigenvalue weighted by Crippen LogP contribution is 2.50. The minimum absolute atomic E-state index is 0.00689. The lowest BCUT2D eigenvalue weighted by atomic mass is 9.82. The van der Waals surface area contributed by atoms with Gasteiger partial charge in [-0.15, -0.1) is 0 Å². The molecule has 0 amide bonds. The average Bonchev–Trinajstić information content (AvgIpc) is 3.01. The van der Waals surface area contributed by atoms with Crippen LogP contribution in [0.5, 0.6) is 0 Å². The number of hydrogen-bond acceptors (Lipinski definition) is 1. The van der Waals surface area contributed by atoms with Crippen LogP contribution in [0.4, 0.5) is 11.4 Å². The minimum atomic E-state index is 0.00689. The van der Waals surface area contributed by atoms with E-state index in [-0.39, 0.29) is 5.41 Å². The van der Waals surface area contributed by atoms with E-state index in [9.17, 15) is 0 Å². The van der Waals surface area contributed by atoms with Crippen molar-refractivity contribution in [3.05, 3.63) is 108 Å². The first-order valence-electron chi connectivity index (χ1n) is 9.91. The molecule has 0 radical (unpaired) electrons. The maximum absolute atomic E-state index is 3.79. The molecule has 4 aromatic rings. The molecule has 142 valence electrons. The van der Waals surface area contributed by atoms with Crippen molar-refractivity contribution >= 4 is 27.5 Å². The molecule has 0 atom stereocenters. The van der Waals surface area contributed by atoms with Gasteiger partial charge in [-0.05, 0) is 57.6 Å². The molecule has 1 nitrogen and oxygen atoms in total. The number of anilines is 2. The van der Waals surface area contributed by atoms with E-state index in [0.29, 0.717) is 0 Å². The third kappa shape index (κ3) is 2.99. The van der Waals surface area contributed by atoms with E-state index < -0.39 is 0 Å². The van der Waals surface area contributed by atoms with Crippen molar-refractivity contribution in [1.29, 1.82) is 0 Å². The molecule has 0 saturated heterocycles. The van der Waals surface area contributed by atoms with Gasteiger partial charge in [0, 0.05) is 5.41 Å². The van der Waals surface area contributed by atoms with Crippen molar-refractivity contribution < 1.29 is 0 Å². The second-order valence-electron chi connectivity index (χ2n) is 8.09. The number of fused-ring (bicyclic) bond motifs is 3. The van der Waals surface area contributed by atoms with Gasteiger partial charge in [0.1, 0.15) is 0 Å². The Hall–Kier alpha value is -2.84. The van der Waals surface area contributed by atoms with Crippen LogP contribution in [0.25, 0.3) is 22.3 Å². The summed E-state index contributed by atoms with van der Waals surface area (Å²) in [4.78, 5) is 0. The van der Waals surface area contributed by atoms with Crippen molar-refractivity contribution in [3.8, 4) is 22.3 Å². The van der Waals surface area contributed by atoms with Crippen LogP contribution < -0.4 is 3.93 Å². The first-order chi connectivity index (χ1) is 14.1. The van der Waals surface area contributed by atoms with Crippen molar-refractivity contribution in [1.82, 2.24) is 0 Å². The molecular formula is C27H22BrN. The van der Waals surface area contributed by atoms with Crippen LogP contribution in [-0.2, 0) is 5.41 Å². The molecule has 0 bridgehead atoms. The van der Waals surface area contributed by atoms with Crippen LogP contribution in [0.15, 0.2) is 97.1 Å². The Balaban J connectivity index is 1.49. The molecule has 0 fully saturated rings. The summed E-state index contributed by atoms with van der Waals surface area (Å²) in [5.74, 6) is 0. The smallest absolute Gasteiger partial charge is 0.0551 e. The van der Waals surface area contributed by atoms with E-state index in [1.807, 2.05) is 6.07 Å². The summed E-state index contributed by atoms with van der Waals surface area (Å²) < 4.78 is 2.08. The first-order valence-corrected chi connectivity index (χ1v) is 10.6. The Morgan fingerprint density at radius 1 is 0.586 bits per heavy atom. The monoisotopic (exact) mass is 439 g/mol. The van der Waals surface area contributed by atoms with Crippen LogP contribution in [0, 0.1) is 0 Å². The summed E-state index contributed by atoms with van der Waals surface area (Å²) in [6.07, 6.45) is 0. The molecule has 0 aromatic heterocycles. The summed E-state index contributed by atoms with van der Waals surface area (Å²) >= 11 is 3.79. The van der Waals surface area contributed by atoms with E-state index in [4.69, 9.17) is 0 Å². The molecule has 1 aliphatic rings. The first kappa shape index (κ1) is 18.2. The van der Waals surface area contributed by atoms with Crippen LogP contribution in [0.1, 0.15) is 25.0 Å². The fraction of sp³-hybridized carbons (Fsp3) is 0.111. The molecule has 0 heterocycles. The van der Waals surface area contributed by atoms with E-state index in [0.717, 1.165) is 11.4 Å². The Morgan fingerprint density at radius 2 is 1.17 bits per heavy atom. The van der Waals surface area contributed by atoms with Gasteiger partial charge >= 0.3 is 0 Å². The van der Waals surface area contributed by atoms with Gasteiger partial charge in [-0.2, -0.15) is 0 Å². The highest BCUT2D eigenvalue weighted by Gasteiger charge is 2.35. The fourth-order valence-corrected chi connectivity index (χ4v) is 4.84. The minimum Gasteiger partial charge on any atom is -0.277 e. The van der Waals surface area contributed by atoms with Crippen LogP contribution in [-0.4, -0.2) is 0 Å². The van der Waals surface area contributed by atoms with E-state index in [2.05, 4.69) is 125 Å². The largest absolute Gasteiger partial charge is 0.277 e. The van der Waals surface area contributed by atoms with E-state index in [1.165, 1.54) is 33.4 Å². The molecule has 5 rings (SSSR count). The van der Waals surface area contributed by atoms with Gasteiger partial charge in [0.2, 0.25) is 0 Å². The maximum Gasteiger partial charge on any atom is 0.0551 e. The summed E-state index contributed by atoms with van der Waals surface area (Å²) in [5, 5.41) is 0. The van der Waals surface area contributed by atoms with Crippen molar-refractivity contribution in [3.63, 3.8) is 0 Å². The number of benzene rings is 4. The summed E-state index contributed by atoms with van der Waals surface area (Å²) in [7, 11) is 0. The molecular weight excluding hydrogens is 418 g/mol. The summed E-state index contributed by atoms with van der Waals surface area (Å²) in [6, 6.07) is 34.6. The van der Waals surface area contributed by atoms with E-state index in [1.54, 1.807) is 0 Å². The van der Waals surface area contributed by atoms with Crippen LogP contribution in [0.3, 0.4) is 0 Å². The van der Waals surface area contributed by atoms with Gasteiger partial charge < -0.3 is 0 Å². The third-order valence-electron chi connectivity index (χ3n) is 5.99. The summed E-state index contributed by atoms with van der Waals surface area (Å²) in [6.45, 7) is 4.63. The Kier molecular flexibility index (Phi) is 4.33. The maximum atomic E-state index is 3.79. The molecule has 0 N–H and O–H groups in total. The van der Waals surface area contributed by atoms with Crippen molar-refractivity contribution in [2.45, 2.75) is 19.3 Å². The van der Waals surface area contributed by atoms with E-state index >= 15 is 0 Å². The topological polar surface area (TPSA) is 3.24 Å². The molecule has 0 spiro atoms. The van der Waals surface area contributed by atoms with Crippen molar-refractivity contribution in [2.75, 3.05) is 3.93 Å². The Bertz CT molecular complexity index is 1180. The zero-order valence-corrected chi connectivity index (χ0v) is 18.1. The SMILES string of the molecule is CC1(C)c2ccccc2-c2ccc(N(Br)c3ccc(-c4ccccc4)cc3)cc21. The van der Waals surface area contributed by atoms with Crippen LogP contribution >= 0.6 is 16.1 Å². The Labute approximate surface area is 181 Å². The van der Waals surface area contributed by atoms with Gasteiger partial charge in [0.15, 0.2) is 0 Å². The fourth-order valence-electron chi connectivity index (χ4n) is 4.38. The highest BCUT2D eigenvalue weighted by molar-refractivity contribution is 9.10. The molecule has 0 saturated carbocycles. The molecule has 29 heavy (non-hydrogen) atoms.